The lowest BCUT2D eigenvalue weighted by atomic mass is 9.80. The zero-order valence-electron chi connectivity index (χ0n) is 19.7. The summed E-state index contributed by atoms with van der Waals surface area (Å²) in [7, 11) is 0. The monoisotopic (exact) mass is 428 g/mol. The maximum Gasteiger partial charge on any atom is 0.116 e. The van der Waals surface area contributed by atoms with Crippen molar-refractivity contribution >= 4 is 21.5 Å². The van der Waals surface area contributed by atoms with Crippen molar-refractivity contribution in [3.8, 4) is 22.5 Å². The fourth-order valence-electron chi connectivity index (χ4n) is 5.62. The van der Waals surface area contributed by atoms with Gasteiger partial charge in [-0.1, -0.05) is 76.2 Å². The van der Waals surface area contributed by atoms with Gasteiger partial charge in [0.15, 0.2) is 0 Å². The topological polar surface area (TPSA) is 25.8 Å². The second-order valence-electron chi connectivity index (χ2n) is 10.3. The lowest BCUT2D eigenvalue weighted by molar-refractivity contribution is 0.650. The molecule has 1 heterocycles. The normalized spacial score (nSPS) is 14.1. The first-order chi connectivity index (χ1) is 15.9. The van der Waals surface area contributed by atoms with Crippen molar-refractivity contribution in [2.75, 3.05) is 0 Å². The van der Waals surface area contributed by atoms with Crippen LogP contribution in [0.5, 0.6) is 0 Å². The molecule has 162 valence electrons. The van der Waals surface area contributed by atoms with Crippen LogP contribution in [0.1, 0.15) is 44.4 Å². The van der Waals surface area contributed by atoms with E-state index < -0.39 is 0 Å². The van der Waals surface area contributed by atoms with E-state index in [0.717, 1.165) is 17.8 Å². The molecule has 0 aliphatic heterocycles. The molecule has 1 aliphatic carbocycles. The summed E-state index contributed by atoms with van der Waals surface area (Å²) in [5.74, 6) is 0.591. The summed E-state index contributed by atoms with van der Waals surface area (Å²) in [5.41, 5.74) is 8.35. The highest BCUT2D eigenvalue weighted by Gasteiger charge is 2.39. The van der Waals surface area contributed by atoms with Crippen molar-refractivity contribution in [2.45, 2.75) is 39.5 Å². The van der Waals surface area contributed by atoms with E-state index in [1.807, 2.05) is 0 Å². The first-order valence-electron chi connectivity index (χ1n) is 11.8. The van der Waals surface area contributed by atoms with E-state index in [9.17, 15) is 0 Å². The van der Waals surface area contributed by atoms with Crippen molar-refractivity contribution < 1.29 is 0 Å². The summed E-state index contributed by atoms with van der Waals surface area (Å²) in [6.45, 7) is 9.20. The van der Waals surface area contributed by atoms with E-state index in [4.69, 9.17) is 9.97 Å². The van der Waals surface area contributed by atoms with Crippen molar-refractivity contribution in [1.82, 2.24) is 9.97 Å². The number of benzene rings is 4. The molecule has 33 heavy (non-hydrogen) atoms. The van der Waals surface area contributed by atoms with Gasteiger partial charge in [0, 0.05) is 22.1 Å². The average molecular weight is 429 g/mol. The van der Waals surface area contributed by atoms with Gasteiger partial charge in [0.1, 0.15) is 6.33 Å². The summed E-state index contributed by atoms with van der Waals surface area (Å²) in [4.78, 5) is 9.70. The maximum atomic E-state index is 4.88. The second kappa shape index (κ2) is 7.25. The Hall–Kier alpha value is -3.52. The Labute approximate surface area is 195 Å². The predicted molar refractivity (Wildman–Crippen MR) is 139 cm³/mol. The van der Waals surface area contributed by atoms with E-state index >= 15 is 0 Å². The highest BCUT2D eigenvalue weighted by Crippen LogP contribution is 2.51. The third kappa shape index (κ3) is 3.08. The molecule has 0 spiro atoms. The van der Waals surface area contributed by atoms with Crippen LogP contribution in [-0.4, -0.2) is 9.97 Å². The van der Waals surface area contributed by atoms with Crippen LogP contribution in [0.4, 0.5) is 0 Å². The van der Waals surface area contributed by atoms with Crippen molar-refractivity contribution in [3.05, 3.63) is 95.8 Å². The van der Waals surface area contributed by atoms with Gasteiger partial charge < -0.3 is 0 Å². The standard InChI is InChI=1S/C31H28N2/c1-19(2)13-23-15-24(14-22-11-7-8-12-25(22)23)29-28-30(33-18-32-29)26-16-20-9-5-6-10-21(20)17-27(26)31(28,3)4/h5-12,14-19H,13H2,1-4H3. The van der Waals surface area contributed by atoms with Gasteiger partial charge in [0.2, 0.25) is 0 Å². The van der Waals surface area contributed by atoms with Crippen LogP contribution in [0.3, 0.4) is 0 Å². The second-order valence-corrected chi connectivity index (χ2v) is 10.3. The number of rotatable bonds is 3. The Morgan fingerprint density at radius 1 is 0.758 bits per heavy atom. The van der Waals surface area contributed by atoms with Gasteiger partial charge >= 0.3 is 0 Å². The van der Waals surface area contributed by atoms with Gasteiger partial charge in [-0.15, -0.1) is 0 Å². The Balaban J connectivity index is 1.62. The largest absolute Gasteiger partial charge is 0.236 e. The minimum atomic E-state index is -0.171. The van der Waals surface area contributed by atoms with Crippen molar-refractivity contribution in [3.63, 3.8) is 0 Å². The van der Waals surface area contributed by atoms with Crippen LogP contribution in [0, 0.1) is 5.92 Å². The first kappa shape index (κ1) is 20.1. The smallest absolute Gasteiger partial charge is 0.116 e. The van der Waals surface area contributed by atoms with Crippen LogP contribution in [0.2, 0.25) is 0 Å². The van der Waals surface area contributed by atoms with Gasteiger partial charge in [-0.05, 0) is 69.3 Å². The number of aromatic nitrogens is 2. The fourth-order valence-corrected chi connectivity index (χ4v) is 5.62. The Kier molecular flexibility index (Phi) is 4.42. The zero-order valence-corrected chi connectivity index (χ0v) is 19.7. The van der Waals surface area contributed by atoms with Crippen LogP contribution in [0.25, 0.3) is 44.1 Å². The van der Waals surface area contributed by atoms with Crippen LogP contribution < -0.4 is 0 Å². The van der Waals surface area contributed by atoms with Crippen molar-refractivity contribution in [2.24, 2.45) is 5.92 Å². The van der Waals surface area contributed by atoms with Gasteiger partial charge in [-0.3, -0.25) is 0 Å². The zero-order chi connectivity index (χ0) is 22.7. The molecule has 0 saturated heterocycles. The maximum absolute atomic E-state index is 4.88. The highest BCUT2D eigenvalue weighted by molar-refractivity contribution is 5.96. The Morgan fingerprint density at radius 3 is 2.18 bits per heavy atom. The molecule has 0 atom stereocenters. The van der Waals surface area contributed by atoms with Gasteiger partial charge in [0.25, 0.3) is 0 Å². The van der Waals surface area contributed by atoms with Crippen LogP contribution in [-0.2, 0) is 11.8 Å². The molecule has 1 aliphatic rings. The van der Waals surface area contributed by atoms with E-state index in [-0.39, 0.29) is 5.41 Å². The molecule has 6 rings (SSSR count). The number of nitrogens with zero attached hydrogens (tertiary/aromatic N) is 2. The molecule has 0 N–H and O–H groups in total. The summed E-state index contributed by atoms with van der Waals surface area (Å²) >= 11 is 0. The summed E-state index contributed by atoms with van der Waals surface area (Å²) < 4.78 is 0. The van der Waals surface area contributed by atoms with Gasteiger partial charge in [0.05, 0.1) is 11.4 Å². The van der Waals surface area contributed by atoms with Gasteiger partial charge in [-0.25, -0.2) is 9.97 Å². The molecule has 2 heteroatoms. The lowest BCUT2D eigenvalue weighted by Gasteiger charge is -2.24. The molecule has 4 aromatic carbocycles. The molecule has 0 fully saturated rings. The quantitative estimate of drug-likeness (QED) is 0.291. The number of hydrogen-bond acceptors (Lipinski definition) is 2. The molecule has 0 bridgehead atoms. The Bertz CT molecular complexity index is 1540. The number of fused-ring (bicyclic) bond motifs is 5. The fraction of sp³-hybridized carbons (Fsp3) is 0.226. The first-order valence-corrected chi connectivity index (χ1v) is 11.8. The van der Waals surface area contributed by atoms with E-state index in [1.54, 1.807) is 6.33 Å². The minimum absolute atomic E-state index is 0.171. The van der Waals surface area contributed by atoms with Gasteiger partial charge in [-0.2, -0.15) is 0 Å². The summed E-state index contributed by atoms with van der Waals surface area (Å²) in [5, 5.41) is 5.15. The predicted octanol–water partition coefficient (Wildman–Crippen LogP) is 7.95. The molecular formula is C31H28N2. The molecule has 0 saturated carbocycles. The minimum Gasteiger partial charge on any atom is -0.236 e. The molecule has 0 unspecified atom stereocenters. The van der Waals surface area contributed by atoms with E-state index in [2.05, 4.69) is 100 Å². The van der Waals surface area contributed by atoms with E-state index in [0.29, 0.717) is 5.92 Å². The summed E-state index contributed by atoms with van der Waals surface area (Å²) in [6, 6.07) is 26.6. The highest BCUT2D eigenvalue weighted by atomic mass is 14.9. The van der Waals surface area contributed by atoms with Crippen LogP contribution in [0.15, 0.2) is 79.1 Å². The Morgan fingerprint density at radius 2 is 1.42 bits per heavy atom. The molecule has 0 radical (unpaired) electrons. The van der Waals surface area contributed by atoms with Crippen LogP contribution >= 0.6 is 0 Å². The third-order valence-corrected chi connectivity index (χ3v) is 7.14. The van der Waals surface area contributed by atoms with E-state index in [1.165, 1.54) is 49.4 Å². The molecule has 2 nitrogen and oxygen atoms in total. The average Bonchev–Trinajstić information content (AvgIpc) is 3.04. The third-order valence-electron chi connectivity index (χ3n) is 7.14. The molecular weight excluding hydrogens is 400 g/mol. The molecule has 0 amide bonds. The lowest BCUT2D eigenvalue weighted by Crippen LogP contribution is -2.17. The number of hydrogen-bond donors (Lipinski definition) is 0. The molecule has 5 aromatic rings. The van der Waals surface area contributed by atoms with Crippen molar-refractivity contribution in [1.29, 1.82) is 0 Å². The molecule has 1 aromatic heterocycles. The summed E-state index contributed by atoms with van der Waals surface area (Å²) in [6.07, 6.45) is 2.79. The SMILES string of the molecule is CC(C)Cc1cc(-c2ncnc3c2C(C)(C)c2cc4ccccc4cc2-3)cc2ccccc12.